The summed E-state index contributed by atoms with van der Waals surface area (Å²) in [7, 11) is 1.61. The van der Waals surface area contributed by atoms with Crippen LogP contribution in [0.4, 0.5) is 0 Å². The predicted octanol–water partition coefficient (Wildman–Crippen LogP) is 1.07. The number of rotatable bonds is 4. The first-order chi connectivity index (χ1) is 7.78. The van der Waals surface area contributed by atoms with Crippen molar-refractivity contribution in [2.75, 3.05) is 20.3 Å². The van der Waals surface area contributed by atoms with E-state index in [9.17, 15) is 4.21 Å². The Morgan fingerprint density at radius 3 is 2.62 bits per heavy atom. The average molecular weight is 244 g/mol. The van der Waals surface area contributed by atoms with Crippen molar-refractivity contribution in [1.82, 2.24) is 0 Å². The highest BCUT2D eigenvalue weighted by atomic mass is 32.2. The Balaban J connectivity index is 1.82. The zero-order chi connectivity index (χ0) is 11.4. The van der Waals surface area contributed by atoms with E-state index < -0.39 is 11.4 Å². The number of ether oxygens (including phenoxy) is 2. The smallest absolute Gasteiger partial charge is 0.305 e. The van der Waals surface area contributed by atoms with Gasteiger partial charge in [0.1, 0.15) is 24.2 Å². The molecule has 1 aromatic carbocycles. The summed E-state index contributed by atoms with van der Waals surface area (Å²) in [5.41, 5.74) is 0. The molecule has 88 valence electrons. The van der Waals surface area contributed by atoms with Crippen LogP contribution in [0.25, 0.3) is 0 Å². The molecule has 0 radical (unpaired) electrons. The summed E-state index contributed by atoms with van der Waals surface area (Å²) in [6.07, 6.45) is -0.275. The third kappa shape index (κ3) is 2.94. The van der Waals surface area contributed by atoms with Gasteiger partial charge in [0.2, 0.25) is 0 Å². The lowest BCUT2D eigenvalue weighted by Crippen LogP contribution is -2.19. The number of methoxy groups -OCH3 is 1. The third-order valence-electron chi connectivity index (χ3n) is 2.06. The molecule has 0 N–H and O–H groups in total. The second kappa shape index (κ2) is 5.29. The number of benzene rings is 1. The van der Waals surface area contributed by atoms with Gasteiger partial charge in [-0.2, -0.15) is 4.21 Å². The molecule has 2 rings (SSSR count). The Bertz CT molecular complexity index is 364. The van der Waals surface area contributed by atoms with Gasteiger partial charge in [0.05, 0.1) is 13.7 Å². The van der Waals surface area contributed by atoms with Crippen molar-refractivity contribution < 1.29 is 22.0 Å². The van der Waals surface area contributed by atoms with Crippen LogP contribution >= 0.6 is 0 Å². The first-order valence-corrected chi connectivity index (χ1v) is 5.77. The molecule has 1 aliphatic heterocycles. The zero-order valence-corrected chi connectivity index (χ0v) is 9.57. The molecule has 6 heteroatoms. The van der Waals surface area contributed by atoms with Gasteiger partial charge in [-0.1, -0.05) is 0 Å². The Morgan fingerprint density at radius 1 is 1.38 bits per heavy atom. The highest BCUT2D eigenvalue weighted by Gasteiger charge is 2.23. The van der Waals surface area contributed by atoms with Gasteiger partial charge in [0, 0.05) is 0 Å². The molecule has 1 aromatic rings. The van der Waals surface area contributed by atoms with Crippen LogP contribution in [-0.2, 0) is 19.7 Å². The minimum atomic E-state index is -1.62. The van der Waals surface area contributed by atoms with Gasteiger partial charge < -0.3 is 9.47 Å². The lowest BCUT2D eigenvalue weighted by atomic mass is 10.3. The summed E-state index contributed by atoms with van der Waals surface area (Å²) >= 11 is -1.62. The topological polar surface area (TPSA) is 54.0 Å². The van der Waals surface area contributed by atoms with Gasteiger partial charge in [-0.05, 0) is 24.3 Å². The highest BCUT2D eigenvalue weighted by Crippen LogP contribution is 2.18. The van der Waals surface area contributed by atoms with Crippen LogP contribution in [0, 0.1) is 0 Å². The van der Waals surface area contributed by atoms with Crippen LogP contribution in [0.15, 0.2) is 24.3 Å². The molecule has 0 amide bonds. The zero-order valence-electron chi connectivity index (χ0n) is 8.75. The molecule has 1 fully saturated rings. The Morgan fingerprint density at radius 2 is 2.06 bits per heavy atom. The minimum absolute atomic E-state index is 0.275. The molecule has 5 nitrogen and oxygen atoms in total. The summed E-state index contributed by atoms with van der Waals surface area (Å²) in [5, 5.41) is 0. The van der Waals surface area contributed by atoms with Crippen LogP contribution in [-0.4, -0.2) is 30.6 Å². The van der Waals surface area contributed by atoms with Crippen LogP contribution in [0.3, 0.4) is 0 Å². The molecule has 16 heavy (non-hydrogen) atoms. The monoisotopic (exact) mass is 244 g/mol. The Kier molecular flexibility index (Phi) is 3.76. The van der Waals surface area contributed by atoms with E-state index in [1.165, 1.54) is 0 Å². The molecule has 2 atom stereocenters. The van der Waals surface area contributed by atoms with Crippen molar-refractivity contribution >= 4 is 11.4 Å². The SMILES string of the molecule is COc1ccc(OCC2COS(=O)O2)cc1. The van der Waals surface area contributed by atoms with E-state index in [4.69, 9.17) is 17.8 Å². The summed E-state index contributed by atoms with van der Waals surface area (Å²) in [5.74, 6) is 1.48. The molecule has 1 heterocycles. The van der Waals surface area contributed by atoms with Gasteiger partial charge >= 0.3 is 11.4 Å². The lowest BCUT2D eigenvalue weighted by Gasteiger charge is -2.09. The van der Waals surface area contributed by atoms with Gasteiger partial charge in [0.25, 0.3) is 0 Å². The highest BCUT2D eigenvalue weighted by molar-refractivity contribution is 7.75. The second-order valence-electron chi connectivity index (χ2n) is 3.19. The molecular weight excluding hydrogens is 232 g/mol. The number of hydrogen-bond donors (Lipinski definition) is 0. The van der Waals surface area contributed by atoms with Crippen LogP contribution in [0.1, 0.15) is 0 Å². The van der Waals surface area contributed by atoms with E-state index in [2.05, 4.69) is 0 Å². The van der Waals surface area contributed by atoms with E-state index in [-0.39, 0.29) is 6.10 Å². The molecule has 0 saturated carbocycles. The minimum Gasteiger partial charge on any atom is -0.497 e. The van der Waals surface area contributed by atoms with E-state index in [1.54, 1.807) is 31.4 Å². The normalized spacial score (nSPS) is 24.3. The average Bonchev–Trinajstić information content (AvgIpc) is 2.73. The van der Waals surface area contributed by atoms with Crippen molar-refractivity contribution in [2.45, 2.75) is 6.10 Å². The van der Waals surface area contributed by atoms with E-state index in [1.807, 2.05) is 0 Å². The van der Waals surface area contributed by atoms with Crippen molar-refractivity contribution in [1.29, 1.82) is 0 Å². The fourth-order valence-electron chi connectivity index (χ4n) is 1.24. The van der Waals surface area contributed by atoms with Gasteiger partial charge in [-0.25, -0.2) is 0 Å². The first-order valence-electron chi connectivity index (χ1n) is 4.77. The quantitative estimate of drug-likeness (QED) is 0.793. The largest absolute Gasteiger partial charge is 0.497 e. The van der Waals surface area contributed by atoms with Gasteiger partial charge in [-0.3, -0.25) is 8.37 Å². The van der Waals surface area contributed by atoms with Crippen molar-refractivity contribution in [2.24, 2.45) is 0 Å². The second-order valence-corrected chi connectivity index (χ2v) is 4.03. The molecule has 0 spiro atoms. The molecule has 1 saturated heterocycles. The molecule has 1 aliphatic rings. The van der Waals surface area contributed by atoms with E-state index >= 15 is 0 Å². The first kappa shape index (κ1) is 11.4. The predicted molar refractivity (Wildman–Crippen MR) is 57.5 cm³/mol. The third-order valence-corrected chi connectivity index (χ3v) is 2.82. The fraction of sp³-hybridized carbons (Fsp3) is 0.400. The fourth-order valence-corrected chi connectivity index (χ4v) is 1.89. The van der Waals surface area contributed by atoms with E-state index in [0.29, 0.717) is 19.0 Å². The van der Waals surface area contributed by atoms with Crippen LogP contribution in [0.2, 0.25) is 0 Å². The molecule has 2 unspecified atom stereocenters. The Labute approximate surface area is 96.1 Å². The standard InChI is InChI=1S/C10H12O5S/c1-12-8-2-4-9(5-3-8)13-6-10-7-14-16(11)15-10/h2-5,10H,6-7H2,1H3. The van der Waals surface area contributed by atoms with Crippen molar-refractivity contribution in [3.05, 3.63) is 24.3 Å². The molecular formula is C10H12O5S. The molecule has 0 aliphatic carbocycles. The van der Waals surface area contributed by atoms with Crippen molar-refractivity contribution in [3.8, 4) is 11.5 Å². The van der Waals surface area contributed by atoms with Crippen LogP contribution < -0.4 is 9.47 Å². The molecule has 0 aromatic heterocycles. The summed E-state index contributed by atoms with van der Waals surface area (Å²) in [6, 6.07) is 7.20. The Hall–Kier alpha value is -1.11. The van der Waals surface area contributed by atoms with Gasteiger partial charge in [0.15, 0.2) is 0 Å². The maximum absolute atomic E-state index is 10.7. The number of hydrogen-bond acceptors (Lipinski definition) is 5. The van der Waals surface area contributed by atoms with Crippen molar-refractivity contribution in [3.63, 3.8) is 0 Å². The maximum atomic E-state index is 10.7. The summed E-state index contributed by atoms with van der Waals surface area (Å²) in [6.45, 7) is 0.612. The summed E-state index contributed by atoms with van der Waals surface area (Å²) in [4.78, 5) is 0. The lowest BCUT2D eigenvalue weighted by molar-refractivity contribution is 0.151. The van der Waals surface area contributed by atoms with E-state index in [0.717, 1.165) is 5.75 Å². The summed E-state index contributed by atoms with van der Waals surface area (Å²) < 4.78 is 30.9. The molecule has 0 bridgehead atoms. The van der Waals surface area contributed by atoms with Crippen LogP contribution in [0.5, 0.6) is 11.5 Å². The van der Waals surface area contributed by atoms with Gasteiger partial charge in [-0.15, -0.1) is 0 Å². The maximum Gasteiger partial charge on any atom is 0.305 e.